The Hall–Kier alpha value is -0.220. The van der Waals surface area contributed by atoms with E-state index >= 15 is 0 Å². The molecule has 1 rings (SSSR count). The monoisotopic (exact) mass is 188 g/mol. The van der Waals surface area contributed by atoms with Gasteiger partial charge in [-0.3, -0.25) is 4.79 Å². The van der Waals surface area contributed by atoms with Crippen LogP contribution in [-0.4, -0.2) is 35.0 Å². The molecule has 0 aromatic carbocycles. The largest absolute Gasteiger partial charge is 0.331 e. The molecule has 1 aliphatic heterocycles. The molecule has 1 atom stereocenters. The van der Waals surface area contributed by atoms with Gasteiger partial charge in [0.15, 0.2) is 0 Å². The first-order valence-electron chi connectivity index (χ1n) is 4.37. The Kier molecular flexibility index (Phi) is 3.88. The van der Waals surface area contributed by atoms with E-state index in [1.165, 1.54) is 0 Å². The van der Waals surface area contributed by atoms with Gasteiger partial charge >= 0.3 is 0 Å². The molecule has 0 unspecified atom stereocenters. The Bertz CT molecular complexity index is 157. The van der Waals surface area contributed by atoms with Crippen LogP contribution in [0.15, 0.2) is 0 Å². The van der Waals surface area contributed by atoms with E-state index < -0.39 is 0 Å². The van der Waals surface area contributed by atoms with Crippen LogP contribution < -0.4 is 5.73 Å². The standard InChI is InChI=1S/C8H16N2OS/c1-2-3-7(9)8(11)10-4-5-12-6-10/h7H,2-6,9H2,1H3/t7-/m0/s1. The van der Waals surface area contributed by atoms with Gasteiger partial charge in [-0.15, -0.1) is 11.8 Å². The zero-order valence-electron chi connectivity index (χ0n) is 7.45. The molecule has 2 N–H and O–H groups in total. The topological polar surface area (TPSA) is 46.3 Å². The van der Waals surface area contributed by atoms with E-state index in [1.807, 2.05) is 11.8 Å². The van der Waals surface area contributed by atoms with Crippen LogP contribution in [0.1, 0.15) is 19.8 Å². The van der Waals surface area contributed by atoms with Gasteiger partial charge in [0.05, 0.1) is 11.9 Å². The SMILES string of the molecule is CCC[C@H](N)C(=O)N1CCSC1. The molecule has 1 fully saturated rings. The van der Waals surface area contributed by atoms with Crippen LogP contribution in [0.2, 0.25) is 0 Å². The number of hydrogen-bond acceptors (Lipinski definition) is 3. The lowest BCUT2D eigenvalue weighted by atomic mass is 10.1. The minimum Gasteiger partial charge on any atom is -0.331 e. The van der Waals surface area contributed by atoms with E-state index in [2.05, 4.69) is 0 Å². The smallest absolute Gasteiger partial charge is 0.240 e. The highest BCUT2D eigenvalue weighted by Crippen LogP contribution is 2.14. The Morgan fingerprint density at radius 3 is 3.00 bits per heavy atom. The van der Waals surface area contributed by atoms with Crippen LogP contribution in [-0.2, 0) is 4.79 Å². The van der Waals surface area contributed by atoms with Crippen LogP contribution in [0.3, 0.4) is 0 Å². The molecule has 1 heterocycles. The summed E-state index contributed by atoms with van der Waals surface area (Å²) in [6.07, 6.45) is 1.79. The average Bonchev–Trinajstić information content (AvgIpc) is 2.55. The Balaban J connectivity index is 2.34. The van der Waals surface area contributed by atoms with Gasteiger partial charge in [0.2, 0.25) is 5.91 Å². The third kappa shape index (κ3) is 2.38. The van der Waals surface area contributed by atoms with E-state index in [9.17, 15) is 4.79 Å². The van der Waals surface area contributed by atoms with E-state index in [-0.39, 0.29) is 11.9 Å². The van der Waals surface area contributed by atoms with Crippen LogP contribution in [0.25, 0.3) is 0 Å². The van der Waals surface area contributed by atoms with Crippen molar-refractivity contribution in [3.8, 4) is 0 Å². The molecule has 3 nitrogen and oxygen atoms in total. The first-order chi connectivity index (χ1) is 5.75. The van der Waals surface area contributed by atoms with Crippen LogP contribution in [0.4, 0.5) is 0 Å². The third-order valence-corrected chi connectivity index (χ3v) is 2.95. The lowest BCUT2D eigenvalue weighted by molar-refractivity contribution is -0.131. The second kappa shape index (κ2) is 4.72. The Morgan fingerprint density at radius 1 is 1.75 bits per heavy atom. The maximum Gasteiger partial charge on any atom is 0.240 e. The summed E-state index contributed by atoms with van der Waals surface area (Å²) in [5, 5.41) is 0. The number of thioether (sulfide) groups is 1. The highest BCUT2D eigenvalue weighted by molar-refractivity contribution is 7.99. The van der Waals surface area contributed by atoms with Gasteiger partial charge < -0.3 is 10.6 Å². The molecule has 12 heavy (non-hydrogen) atoms. The number of carbonyl (C=O) groups is 1. The number of amides is 1. The fourth-order valence-electron chi connectivity index (χ4n) is 1.26. The minimum atomic E-state index is -0.270. The van der Waals surface area contributed by atoms with Gasteiger partial charge in [0.1, 0.15) is 0 Å². The number of carbonyl (C=O) groups excluding carboxylic acids is 1. The van der Waals surface area contributed by atoms with Crippen molar-refractivity contribution in [3.05, 3.63) is 0 Å². The fourth-order valence-corrected chi connectivity index (χ4v) is 2.21. The molecule has 0 bridgehead atoms. The summed E-state index contributed by atoms with van der Waals surface area (Å²) in [5.74, 6) is 2.02. The van der Waals surface area contributed by atoms with Crippen LogP contribution in [0.5, 0.6) is 0 Å². The summed E-state index contributed by atoms with van der Waals surface area (Å²) in [6, 6.07) is -0.270. The molecule has 1 amide bonds. The Morgan fingerprint density at radius 2 is 2.50 bits per heavy atom. The first kappa shape index (κ1) is 9.86. The molecule has 0 spiro atoms. The molecular weight excluding hydrogens is 172 g/mol. The van der Waals surface area contributed by atoms with E-state index in [1.54, 1.807) is 11.8 Å². The summed E-state index contributed by atoms with van der Waals surface area (Å²) in [7, 11) is 0. The molecule has 1 saturated heterocycles. The van der Waals surface area contributed by atoms with Gasteiger partial charge in [-0.05, 0) is 6.42 Å². The second-order valence-corrected chi connectivity index (χ2v) is 4.11. The molecule has 0 aromatic heterocycles. The molecule has 0 aliphatic carbocycles. The van der Waals surface area contributed by atoms with Gasteiger partial charge in [0.25, 0.3) is 0 Å². The van der Waals surface area contributed by atoms with Crippen molar-refractivity contribution < 1.29 is 4.79 Å². The molecule has 4 heteroatoms. The van der Waals surface area contributed by atoms with Crippen molar-refractivity contribution in [3.63, 3.8) is 0 Å². The highest BCUT2D eigenvalue weighted by atomic mass is 32.2. The first-order valence-corrected chi connectivity index (χ1v) is 5.53. The normalized spacial score (nSPS) is 19.7. The third-order valence-electron chi connectivity index (χ3n) is 1.98. The van der Waals surface area contributed by atoms with Crippen LogP contribution in [0, 0.1) is 0 Å². The number of hydrogen-bond donors (Lipinski definition) is 1. The molecular formula is C8H16N2OS. The van der Waals surface area contributed by atoms with Gasteiger partial charge in [-0.2, -0.15) is 0 Å². The van der Waals surface area contributed by atoms with Gasteiger partial charge in [-0.25, -0.2) is 0 Å². The minimum absolute atomic E-state index is 0.127. The van der Waals surface area contributed by atoms with Gasteiger partial charge in [0, 0.05) is 12.3 Å². The number of nitrogens with two attached hydrogens (primary N) is 1. The summed E-state index contributed by atoms with van der Waals surface area (Å²) in [5.41, 5.74) is 5.71. The molecule has 0 saturated carbocycles. The Labute approximate surface area is 77.7 Å². The summed E-state index contributed by atoms with van der Waals surface area (Å²) >= 11 is 1.80. The summed E-state index contributed by atoms with van der Waals surface area (Å²) < 4.78 is 0. The van der Waals surface area contributed by atoms with Crippen molar-refractivity contribution in [1.29, 1.82) is 0 Å². The number of rotatable bonds is 3. The average molecular weight is 188 g/mol. The predicted octanol–water partition coefficient (Wildman–Crippen LogP) is 0.647. The lowest BCUT2D eigenvalue weighted by Gasteiger charge is -2.18. The molecule has 0 radical (unpaired) electrons. The highest BCUT2D eigenvalue weighted by Gasteiger charge is 2.22. The van der Waals surface area contributed by atoms with Crippen LogP contribution >= 0.6 is 11.8 Å². The quantitative estimate of drug-likeness (QED) is 0.707. The summed E-state index contributed by atoms with van der Waals surface area (Å²) in [4.78, 5) is 13.4. The summed E-state index contributed by atoms with van der Waals surface area (Å²) in [6.45, 7) is 2.92. The van der Waals surface area contributed by atoms with Crippen molar-refractivity contribution in [2.24, 2.45) is 5.73 Å². The maximum absolute atomic E-state index is 11.5. The van der Waals surface area contributed by atoms with E-state index in [4.69, 9.17) is 5.73 Å². The molecule has 70 valence electrons. The zero-order valence-corrected chi connectivity index (χ0v) is 8.27. The van der Waals surface area contributed by atoms with Crippen molar-refractivity contribution in [1.82, 2.24) is 4.90 Å². The van der Waals surface area contributed by atoms with Crippen molar-refractivity contribution in [2.45, 2.75) is 25.8 Å². The lowest BCUT2D eigenvalue weighted by Crippen LogP contribution is -2.42. The zero-order chi connectivity index (χ0) is 8.97. The van der Waals surface area contributed by atoms with Crippen molar-refractivity contribution >= 4 is 17.7 Å². The second-order valence-electron chi connectivity index (χ2n) is 3.03. The molecule has 0 aromatic rings. The fraction of sp³-hybridized carbons (Fsp3) is 0.875. The van der Waals surface area contributed by atoms with Crippen molar-refractivity contribution in [2.75, 3.05) is 18.2 Å². The van der Waals surface area contributed by atoms with Gasteiger partial charge in [-0.1, -0.05) is 13.3 Å². The van der Waals surface area contributed by atoms with E-state index in [0.29, 0.717) is 0 Å². The maximum atomic E-state index is 11.5. The molecule has 1 aliphatic rings. The number of nitrogens with zero attached hydrogens (tertiary/aromatic N) is 1. The van der Waals surface area contributed by atoms with E-state index in [0.717, 1.165) is 31.0 Å². The predicted molar refractivity (Wildman–Crippen MR) is 51.9 cm³/mol.